The van der Waals surface area contributed by atoms with E-state index in [2.05, 4.69) is 4.98 Å². The Bertz CT molecular complexity index is 465. The molecule has 0 unspecified atom stereocenters. The molecule has 1 aromatic rings. The molecule has 9 heteroatoms. The molecule has 0 fully saturated rings. The maximum Gasteiger partial charge on any atom is 0.433 e. The van der Waals surface area contributed by atoms with Crippen molar-refractivity contribution in [3.05, 3.63) is 29.1 Å². The standard InChI is InChI=1S/C9H5F6NO2/c10-8(11,12)5-2-1-4(3-6(17)18)7(16-5)9(13,14)15/h1-2H,3H2,(H,17,18). The van der Waals surface area contributed by atoms with E-state index in [1.807, 2.05) is 0 Å². The van der Waals surface area contributed by atoms with Crippen LogP contribution in [0.2, 0.25) is 0 Å². The monoisotopic (exact) mass is 273 g/mol. The van der Waals surface area contributed by atoms with Gasteiger partial charge in [0.15, 0.2) is 0 Å². The van der Waals surface area contributed by atoms with Crippen LogP contribution in [0.1, 0.15) is 17.0 Å². The molecule has 0 bridgehead atoms. The van der Waals surface area contributed by atoms with Crippen molar-refractivity contribution >= 4 is 5.97 Å². The average molecular weight is 273 g/mol. The Labute approximate surface area is 96.1 Å². The van der Waals surface area contributed by atoms with Crippen LogP contribution < -0.4 is 0 Å². The van der Waals surface area contributed by atoms with Gasteiger partial charge in [-0.1, -0.05) is 6.07 Å². The van der Waals surface area contributed by atoms with Crippen LogP contribution in [0.25, 0.3) is 0 Å². The van der Waals surface area contributed by atoms with Gasteiger partial charge in [0.05, 0.1) is 6.42 Å². The summed E-state index contributed by atoms with van der Waals surface area (Å²) in [6.07, 6.45) is -11.2. The second-order valence-corrected chi connectivity index (χ2v) is 3.27. The van der Waals surface area contributed by atoms with E-state index in [4.69, 9.17) is 5.11 Å². The van der Waals surface area contributed by atoms with Gasteiger partial charge < -0.3 is 5.11 Å². The summed E-state index contributed by atoms with van der Waals surface area (Å²) in [7, 11) is 0. The Hall–Kier alpha value is -1.80. The number of alkyl halides is 6. The summed E-state index contributed by atoms with van der Waals surface area (Å²) >= 11 is 0. The van der Waals surface area contributed by atoms with Crippen LogP contribution in [-0.2, 0) is 23.6 Å². The van der Waals surface area contributed by atoms with Gasteiger partial charge in [0.2, 0.25) is 0 Å². The summed E-state index contributed by atoms with van der Waals surface area (Å²) in [5, 5.41) is 8.37. The highest BCUT2D eigenvalue weighted by Gasteiger charge is 2.40. The average Bonchev–Trinajstić information content (AvgIpc) is 2.13. The number of carbonyl (C=O) groups is 1. The van der Waals surface area contributed by atoms with Crippen LogP contribution in [-0.4, -0.2) is 16.1 Å². The smallest absolute Gasteiger partial charge is 0.433 e. The molecule has 0 aliphatic rings. The number of hydrogen-bond donors (Lipinski definition) is 1. The van der Waals surface area contributed by atoms with Crippen molar-refractivity contribution in [2.24, 2.45) is 0 Å². The molecule has 1 N–H and O–H groups in total. The predicted octanol–water partition coefficient (Wildman–Crippen LogP) is 2.75. The van der Waals surface area contributed by atoms with E-state index >= 15 is 0 Å². The van der Waals surface area contributed by atoms with E-state index < -0.39 is 41.7 Å². The summed E-state index contributed by atoms with van der Waals surface area (Å²) < 4.78 is 73.9. The zero-order valence-electron chi connectivity index (χ0n) is 8.43. The summed E-state index contributed by atoms with van der Waals surface area (Å²) in [6.45, 7) is 0. The second kappa shape index (κ2) is 4.46. The highest BCUT2D eigenvalue weighted by molar-refractivity contribution is 5.70. The van der Waals surface area contributed by atoms with Crippen LogP contribution in [0.15, 0.2) is 12.1 Å². The molecule has 0 saturated carbocycles. The van der Waals surface area contributed by atoms with E-state index in [9.17, 15) is 31.1 Å². The summed E-state index contributed by atoms with van der Waals surface area (Å²) in [6, 6.07) is 0.778. The number of nitrogens with zero attached hydrogens (tertiary/aromatic N) is 1. The van der Waals surface area contributed by atoms with Crippen molar-refractivity contribution in [3.63, 3.8) is 0 Å². The summed E-state index contributed by atoms with van der Waals surface area (Å²) in [4.78, 5) is 12.8. The number of carboxylic acids is 1. The summed E-state index contributed by atoms with van der Waals surface area (Å²) in [5.41, 5.74) is -4.37. The number of hydrogen-bond acceptors (Lipinski definition) is 2. The Morgan fingerprint density at radius 1 is 1.11 bits per heavy atom. The summed E-state index contributed by atoms with van der Waals surface area (Å²) in [5.74, 6) is -1.60. The molecule has 1 rings (SSSR count). The highest BCUT2D eigenvalue weighted by atomic mass is 19.4. The highest BCUT2D eigenvalue weighted by Crippen LogP contribution is 2.34. The fourth-order valence-corrected chi connectivity index (χ4v) is 1.20. The van der Waals surface area contributed by atoms with E-state index in [0.29, 0.717) is 12.1 Å². The van der Waals surface area contributed by atoms with E-state index in [1.54, 1.807) is 0 Å². The van der Waals surface area contributed by atoms with E-state index in [-0.39, 0.29) is 0 Å². The molecule has 0 radical (unpaired) electrons. The maximum atomic E-state index is 12.4. The number of carboxylic acid groups (broad SMARTS) is 1. The number of pyridine rings is 1. The molecular weight excluding hydrogens is 268 g/mol. The minimum absolute atomic E-state index is 0.313. The fourth-order valence-electron chi connectivity index (χ4n) is 1.20. The molecule has 3 nitrogen and oxygen atoms in total. The first-order chi connectivity index (χ1) is 8.01. The van der Waals surface area contributed by atoms with Crippen molar-refractivity contribution in [1.29, 1.82) is 0 Å². The van der Waals surface area contributed by atoms with Gasteiger partial charge in [-0.15, -0.1) is 0 Å². The van der Waals surface area contributed by atoms with Gasteiger partial charge in [0, 0.05) is 0 Å². The third-order valence-electron chi connectivity index (χ3n) is 1.88. The van der Waals surface area contributed by atoms with Crippen molar-refractivity contribution in [1.82, 2.24) is 4.98 Å². The van der Waals surface area contributed by atoms with Crippen LogP contribution in [0.5, 0.6) is 0 Å². The maximum absolute atomic E-state index is 12.4. The lowest BCUT2D eigenvalue weighted by molar-refractivity contribution is -0.150. The van der Waals surface area contributed by atoms with E-state index in [1.165, 1.54) is 0 Å². The van der Waals surface area contributed by atoms with Crippen molar-refractivity contribution in [2.45, 2.75) is 18.8 Å². The van der Waals surface area contributed by atoms with Gasteiger partial charge >= 0.3 is 18.3 Å². The zero-order chi connectivity index (χ0) is 14.1. The Balaban J connectivity index is 3.34. The SMILES string of the molecule is O=C(O)Cc1ccc(C(F)(F)F)nc1C(F)(F)F. The third kappa shape index (κ3) is 3.34. The van der Waals surface area contributed by atoms with Gasteiger partial charge in [-0.2, -0.15) is 26.3 Å². The van der Waals surface area contributed by atoms with Crippen molar-refractivity contribution < 1.29 is 36.2 Å². The molecule has 18 heavy (non-hydrogen) atoms. The topological polar surface area (TPSA) is 50.2 Å². The second-order valence-electron chi connectivity index (χ2n) is 3.27. The number of halogens is 6. The molecule has 0 aliphatic heterocycles. The van der Waals surface area contributed by atoms with E-state index in [0.717, 1.165) is 0 Å². The Morgan fingerprint density at radius 2 is 1.67 bits per heavy atom. The van der Waals surface area contributed by atoms with Crippen LogP contribution in [0.4, 0.5) is 26.3 Å². The van der Waals surface area contributed by atoms with Crippen LogP contribution in [0, 0.1) is 0 Å². The Morgan fingerprint density at radius 3 is 2.06 bits per heavy atom. The van der Waals surface area contributed by atoms with Crippen LogP contribution >= 0.6 is 0 Å². The van der Waals surface area contributed by atoms with Crippen LogP contribution in [0.3, 0.4) is 0 Å². The fraction of sp³-hybridized carbons (Fsp3) is 0.333. The lowest BCUT2D eigenvalue weighted by atomic mass is 10.1. The molecule has 1 heterocycles. The van der Waals surface area contributed by atoms with Gasteiger partial charge in [-0.05, 0) is 11.6 Å². The molecule has 0 atom stereocenters. The molecule has 1 aromatic heterocycles. The van der Waals surface area contributed by atoms with Gasteiger partial charge in [0.25, 0.3) is 0 Å². The number of aromatic nitrogens is 1. The first kappa shape index (κ1) is 14.3. The zero-order valence-corrected chi connectivity index (χ0v) is 8.43. The number of rotatable bonds is 2. The predicted molar refractivity (Wildman–Crippen MR) is 45.6 cm³/mol. The van der Waals surface area contributed by atoms with Gasteiger partial charge in [0.1, 0.15) is 11.4 Å². The first-order valence-electron chi connectivity index (χ1n) is 4.38. The minimum atomic E-state index is -5.15. The lowest BCUT2D eigenvalue weighted by Gasteiger charge is -2.13. The third-order valence-corrected chi connectivity index (χ3v) is 1.88. The normalized spacial score (nSPS) is 12.6. The number of aliphatic carboxylic acids is 1. The lowest BCUT2D eigenvalue weighted by Crippen LogP contribution is -2.18. The molecule has 0 spiro atoms. The van der Waals surface area contributed by atoms with Crippen molar-refractivity contribution in [3.8, 4) is 0 Å². The minimum Gasteiger partial charge on any atom is -0.481 e. The molecule has 100 valence electrons. The molecule has 0 saturated heterocycles. The molecule has 0 aromatic carbocycles. The molecule has 0 aliphatic carbocycles. The first-order valence-corrected chi connectivity index (χ1v) is 4.38. The van der Waals surface area contributed by atoms with Gasteiger partial charge in [-0.25, -0.2) is 4.98 Å². The van der Waals surface area contributed by atoms with Crippen molar-refractivity contribution in [2.75, 3.05) is 0 Å². The van der Waals surface area contributed by atoms with Gasteiger partial charge in [-0.3, -0.25) is 4.79 Å². The molecule has 0 amide bonds. The quantitative estimate of drug-likeness (QED) is 0.843. The molecular formula is C9H5F6NO2. The Kier molecular flexibility index (Phi) is 3.54. The largest absolute Gasteiger partial charge is 0.481 e.